The number of rotatable bonds is 8. The van der Waals surface area contributed by atoms with Crippen LogP contribution in [0.15, 0.2) is 12.7 Å². The van der Waals surface area contributed by atoms with Crippen molar-refractivity contribution in [3.63, 3.8) is 0 Å². The molecule has 0 radical (unpaired) electrons. The molecule has 3 rings (SSSR count). The molecule has 0 saturated carbocycles. The summed E-state index contributed by atoms with van der Waals surface area (Å²) in [5, 5.41) is 43.2. The Balaban J connectivity index is 0.00000408. The van der Waals surface area contributed by atoms with Crippen molar-refractivity contribution >= 4 is 85.7 Å². The van der Waals surface area contributed by atoms with Crippen LogP contribution in [0.25, 0.3) is 11.2 Å². The van der Waals surface area contributed by atoms with Gasteiger partial charge in [0.15, 0.2) is 29.3 Å². The van der Waals surface area contributed by atoms with E-state index in [1.807, 2.05) is 0 Å². The fourth-order valence-electron chi connectivity index (χ4n) is 3.06. The summed E-state index contributed by atoms with van der Waals surface area (Å²) in [6, 6.07) is -2.61. The molecule has 6 N–H and O–H groups in total. The molecule has 19 heteroatoms. The molecule has 1 aliphatic rings. The molecule has 0 unspecified atom stereocenters. The van der Waals surface area contributed by atoms with Crippen molar-refractivity contribution in [2.45, 2.75) is 43.6 Å². The van der Waals surface area contributed by atoms with Gasteiger partial charge in [-0.3, -0.25) is 9.88 Å². The zero-order valence-electron chi connectivity index (χ0n) is 17.4. The van der Waals surface area contributed by atoms with Crippen LogP contribution in [0.4, 0.5) is 10.6 Å². The molecule has 0 bridgehead atoms. The van der Waals surface area contributed by atoms with E-state index in [4.69, 9.17) is 9.84 Å². The standard InChI is InChI=1S/C15H21N6O11P.Ba/c1-5(22)7(14(25)26)19-15(27)20-11-8-12(17-3-16-11)21(4-18-8)13-10(24)9(23)6(32-13)2-31-33(28,29)30;/h3-7,9-10,13,22-24H,2H2,1H3,(H,25,26)(H2,28,29,30)(H2,16,17,19,20,27);/q;+2/p-2/t5-,6-,7+,9-,10-,13-;/m1./s1. The molecule has 2 amide bonds. The van der Waals surface area contributed by atoms with Crippen molar-refractivity contribution in [1.82, 2.24) is 24.8 Å². The second-order valence-corrected chi connectivity index (χ2v) is 8.14. The van der Waals surface area contributed by atoms with Gasteiger partial charge in [-0.05, 0) is 6.92 Å². The monoisotopic (exact) mass is 628 g/mol. The molecule has 6 atom stereocenters. The minimum Gasteiger partial charge on any atom is -0.790 e. The molecule has 0 spiro atoms. The van der Waals surface area contributed by atoms with E-state index in [1.54, 1.807) is 0 Å². The number of aliphatic hydroxyl groups is 3. The van der Waals surface area contributed by atoms with Crippen LogP contribution in [0.5, 0.6) is 0 Å². The second kappa shape index (κ2) is 11.7. The molecule has 3 heterocycles. The SMILES string of the molecule is C[C@@H](O)[C@H](NC(=O)Nc1ncnc2c1ncn2[C@@H]1O[C@H](COP(=O)([O-])[O-])[C@@H](O)[C@H]1O)C(=O)O.[Ba+2]. The predicted molar refractivity (Wildman–Crippen MR) is 106 cm³/mol. The quantitative estimate of drug-likeness (QED) is 0.120. The number of carboxylic acids is 1. The van der Waals surface area contributed by atoms with Gasteiger partial charge < -0.3 is 49.4 Å². The smallest absolute Gasteiger partial charge is 0.790 e. The van der Waals surface area contributed by atoms with E-state index < -0.39 is 63.1 Å². The van der Waals surface area contributed by atoms with E-state index in [0.717, 1.165) is 17.2 Å². The number of aliphatic hydroxyl groups excluding tert-OH is 3. The van der Waals surface area contributed by atoms with E-state index in [-0.39, 0.29) is 65.9 Å². The summed E-state index contributed by atoms with van der Waals surface area (Å²) >= 11 is 0. The number of carbonyl (C=O) groups excluding carboxylic acids is 1. The first-order chi connectivity index (χ1) is 15.4. The number of phosphoric ester groups is 1. The van der Waals surface area contributed by atoms with E-state index in [2.05, 4.69) is 30.1 Å². The second-order valence-electron chi connectivity index (χ2n) is 6.99. The van der Waals surface area contributed by atoms with Gasteiger partial charge in [-0.1, -0.05) is 0 Å². The van der Waals surface area contributed by atoms with E-state index in [9.17, 15) is 39.3 Å². The van der Waals surface area contributed by atoms with E-state index >= 15 is 0 Å². The molecule has 0 aliphatic carbocycles. The third-order valence-corrected chi connectivity index (χ3v) is 5.10. The van der Waals surface area contributed by atoms with Crippen LogP contribution in [-0.4, -0.2) is 138 Å². The molecule has 1 aliphatic heterocycles. The van der Waals surface area contributed by atoms with Gasteiger partial charge in [-0.2, -0.15) is 0 Å². The number of nitrogens with one attached hydrogen (secondary N) is 2. The minimum absolute atomic E-state index is 0. The van der Waals surface area contributed by atoms with Crippen molar-refractivity contribution in [2.75, 3.05) is 11.9 Å². The Bertz CT molecular complexity index is 1080. The average Bonchev–Trinajstić information content (AvgIpc) is 3.26. The fraction of sp³-hybridized carbons (Fsp3) is 0.533. The summed E-state index contributed by atoms with van der Waals surface area (Å²) in [6.07, 6.45) is -5.13. The largest absolute Gasteiger partial charge is 2.00 e. The zero-order chi connectivity index (χ0) is 24.5. The number of urea groups is 1. The van der Waals surface area contributed by atoms with Crippen LogP contribution in [-0.2, 0) is 18.6 Å². The summed E-state index contributed by atoms with van der Waals surface area (Å²) in [4.78, 5) is 56.4. The average molecular weight is 628 g/mol. The van der Waals surface area contributed by atoms with Gasteiger partial charge in [0, 0.05) is 0 Å². The van der Waals surface area contributed by atoms with Crippen molar-refractivity contribution in [3.05, 3.63) is 12.7 Å². The van der Waals surface area contributed by atoms with Gasteiger partial charge in [-0.15, -0.1) is 0 Å². The third-order valence-electron chi connectivity index (χ3n) is 4.63. The van der Waals surface area contributed by atoms with Crippen LogP contribution in [0.3, 0.4) is 0 Å². The van der Waals surface area contributed by atoms with Crippen LogP contribution in [0, 0.1) is 0 Å². The van der Waals surface area contributed by atoms with Gasteiger partial charge in [0.25, 0.3) is 0 Å². The molecule has 17 nitrogen and oxygen atoms in total. The van der Waals surface area contributed by atoms with Crippen molar-refractivity contribution < 1.29 is 53.6 Å². The van der Waals surface area contributed by atoms with Crippen molar-refractivity contribution in [1.29, 1.82) is 0 Å². The Morgan fingerprint density at radius 2 is 1.97 bits per heavy atom. The topological polar surface area (TPSA) is 264 Å². The van der Waals surface area contributed by atoms with Crippen LogP contribution in [0.1, 0.15) is 13.2 Å². The summed E-state index contributed by atoms with van der Waals surface area (Å²) in [5.74, 6) is -1.62. The number of carbonyl (C=O) groups is 2. The number of carboxylic acid groups (broad SMARTS) is 1. The van der Waals surface area contributed by atoms with Gasteiger partial charge >= 0.3 is 60.9 Å². The maximum Gasteiger partial charge on any atom is 2.00 e. The zero-order valence-corrected chi connectivity index (χ0v) is 22.8. The Morgan fingerprint density at radius 1 is 1.29 bits per heavy atom. The molecular formula is C15H19BaN6O11P. The van der Waals surface area contributed by atoms with E-state index in [1.165, 1.54) is 6.92 Å². The predicted octanol–water partition coefficient (Wildman–Crippen LogP) is -4.13. The van der Waals surface area contributed by atoms with Crippen LogP contribution >= 0.6 is 7.82 Å². The Kier molecular flexibility index (Phi) is 9.99. The number of nitrogens with zero attached hydrogens (tertiary/aromatic N) is 4. The molecule has 182 valence electrons. The molecule has 0 aromatic carbocycles. The number of aromatic nitrogens is 4. The summed E-state index contributed by atoms with van der Waals surface area (Å²) in [6.45, 7) is 0.345. The number of hydrogen-bond donors (Lipinski definition) is 6. The molecule has 2 aromatic heterocycles. The first-order valence-electron chi connectivity index (χ1n) is 9.23. The molecule has 34 heavy (non-hydrogen) atoms. The fourth-order valence-corrected chi connectivity index (χ4v) is 3.39. The third kappa shape index (κ3) is 6.72. The van der Waals surface area contributed by atoms with Gasteiger partial charge in [0.2, 0.25) is 0 Å². The number of aliphatic carboxylic acids is 1. The van der Waals surface area contributed by atoms with Gasteiger partial charge in [0.05, 0.1) is 26.9 Å². The summed E-state index contributed by atoms with van der Waals surface area (Å²) in [5.41, 5.74) is 0.00642. The van der Waals surface area contributed by atoms with Crippen molar-refractivity contribution in [2.24, 2.45) is 0 Å². The number of amides is 2. The first-order valence-corrected chi connectivity index (χ1v) is 10.7. The van der Waals surface area contributed by atoms with Gasteiger partial charge in [-0.25, -0.2) is 24.5 Å². The first kappa shape index (κ1) is 29.0. The Morgan fingerprint density at radius 3 is 2.56 bits per heavy atom. The van der Waals surface area contributed by atoms with Gasteiger partial charge in [0.1, 0.15) is 24.6 Å². The number of anilines is 1. The maximum absolute atomic E-state index is 12.2. The Hall–Kier alpha value is -1.19. The summed E-state index contributed by atoms with van der Waals surface area (Å²) in [7, 11) is -5.34. The number of imidazole rings is 1. The van der Waals surface area contributed by atoms with Crippen LogP contribution < -0.4 is 20.4 Å². The van der Waals surface area contributed by atoms with Crippen LogP contribution in [0.2, 0.25) is 0 Å². The molecule has 1 saturated heterocycles. The number of fused-ring (bicyclic) bond motifs is 1. The normalized spacial score (nSPS) is 24.3. The van der Waals surface area contributed by atoms with Crippen molar-refractivity contribution in [3.8, 4) is 0 Å². The molecule has 1 fully saturated rings. The number of ether oxygens (including phenoxy) is 1. The molecular weight excluding hydrogens is 608 g/mol. The van der Waals surface area contributed by atoms with E-state index in [0.29, 0.717) is 0 Å². The minimum atomic E-state index is -5.34. The molecule has 2 aromatic rings. The summed E-state index contributed by atoms with van der Waals surface area (Å²) < 4.78 is 21.3. The number of phosphoric acid groups is 1. The Labute approximate surface area is 230 Å². The number of hydrogen-bond acceptors (Lipinski definition) is 13. The maximum atomic E-state index is 12.2.